The van der Waals surface area contributed by atoms with Crippen LogP contribution in [0.3, 0.4) is 0 Å². The highest BCUT2D eigenvalue weighted by atomic mass is 16.7. The second-order valence-electron chi connectivity index (χ2n) is 3.53. The maximum Gasteiger partial charge on any atom is 0.275 e. The quantitative estimate of drug-likeness (QED) is 0.644. The molecule has 3 nitrogen and oxygen atoms in total. The Morgan fingerprint density at radius 3 is 2.87 bits per heavy atom. The molecule has 0 radical (unpaired) electrons. The third-order valence-electron chi connectivity index (χ3n) is 2.51. The summed E-state index contributed by atoms with van der Waals surface area (Å²) in [5.41, 5.74) is 2.36. The van der Waals surface area contributed by atoms with Gasteiger partial charge in [0.1, 0.15) is 5.41 Å². The first kappa shape index (κ1) is 9.60. The molecule has 15 heavy (non-hydrogen) atoms. The molecule has 1 heterocycles. The van der Waals surface area contributed by atoms with E-state index in [1.54, 1.807) is 13.8 Å². The Kier molecular flexibility index (Phi) is 2.12. The molecule has 0 fully saturated rings. The predicted molar refractivity (Wildman–Crippen MR) is 56.0 cm³/mol. The Morgan fingerprint density at radius 1 is 1.40 bits per heavy atom. The fraction of sp³-hybridized carbons (Fsp3) is 0.250. The van der Waals surface area contributed by atoms with Crippen LogP contribution in [0.1, 0.15) is 19.4 Å². The summed E-state index contributed by atoms with van der Waals surface area (Å²) >= 11 is 0. The van der Waals surface area contributed by atoms with Crippen LogP contribution in [0.25, 0.3) is 0 Å². The van der Waals surface area contributed by atoms with Crippen molar-refractivity contribution in [1.82, 2.24) is 5.48 Å². The van der Waals surface area contributed by atoms with E-state index in [0.717, 1.165) is 5.56 Å². The second kappa shape index (κ2) is 3.32. The van der Waals surface area contributed by atoms with E-state index in [9.17, 15) is 4.79 Å². The average molecular weight is 201 g/mol. The molecule has 1 aliphatic heterocycles. The molecule has 1 N–H and O–H groups in total. The summed E-state index contributed by atoms with van der Waals surface area (Å²) in [4.78, 5) is 16.8. The van der Waals surface area contributed by atoms with Crippen molar-refractivity contribution in [1.29, 1.82) is 0 Å². The lowest BCUT2D eigenvalue weighted by Crippen LogP contribution is -2.47. The number of carbonyl (C=O) groups excluding carboxylic acids is 1. The van der Waals surface area contributed by atoms with Gasteiger partial charge in [-0.3, -0.25) is 4.79 Å². The Hall–Kier alpha value is -1.95. The molecule has 1 unspecified atom stereocenters. The molecular weight excluding hydrogens is 190 g/mol. The van der Waals surface area contributed by atoms with Gasteiger partial charge in [0.25, 0.3) is 5.91 Å². The smallest absolute Gasteiger partial charge is 0.275 e. The Balaban J connectivity index is 2.63. The molecule has 1 amide bonds. The third kappa shape index (κ3) is 1.35. The van der Waals surface area contributed by atoms with Crippen LogP contribution in [0.4, 0.5) is 0 Å². The zero-order valence-corrected chi connectivity index (χ0v) is 8.63. The van der Waals surface area contributed by atoms with E-state index in [2.05, 4.69) is 17.3 Å². The summed E-state index contributed by atoms with van der Waals surface area (Å²) in [6, 6.07) is 7.40. The van der Waals surface area contributed by atoms with Crippen LogP contribution in [0, 0.1) is 11.8 Å². The molecule has 0 bridgehead atoms. The molecule has 3 heteroatoms. The first-order valence-electron chi connectivity index (χ1n) is 4.69. The first-order chi connectivity index (χ1) is 7.18. The van der Waals surface area contributed by atoms with Crippen LogP contribution >= 0.6 is 0 Å². The highest BCUT2D eigenvalue weighted by Crippen LogP contribution is 2.34. The lowest BCUT2D eigenvalue weighted by atomic mass is 9.81. The monoisotopic (exact) mass is 201 g/mol. The minimum absolute atomic E-state index is 0.226. The number of fused-ring (bicyclic) bond motifs is 1. The minimum Gasteiger partial charge on any atom is -0.379 e. The zero-order chi connectivity index (χ0) is 10.9. The van der Waals surface area contributed by atoms with E-state index in [4.69, 9.17) is 4.84 Å². The highest BCUT2D eigenvalue weighted by Gasteiger charge is 2.39. The average Bonchev–Trinajstić information content (AvgIpc) is 2.25. The predicted octanol–water partition coefficient (Wildman–Crippen LogP) is 1.39. The summed E-state index contributed by atoms with van der Waals surface area (Å²) < 4.78 is 0. The van der Waals surface area contributed by atoms with Gasteiger partial charge in [-0.25, -0.2) is 0 Å². The molecule has 0 saturated carbocycles. The summed E-state index contributed by atoms with van der Waals surface area (Å²) in [7, 11) is 0. The van der Waals surface area contributed by atoms with Gasteiger partial charge in [0.15, 0.2) is 5.75 Å². The van der Waals surface area contributed by atoms with E-state index >= 15 is 0 Å². The van der Waals surface area contributed by atoms with Crippen molar-refractivity contribution in [2.45, 2.75) is 19.3 Å². The molecule has 0 aromatic heterocycles. The van der Waals surface area contributed by atoms with E-state index in [1.807, 2.05) is 24.3 Å². The van der Waals surface area contributed by atoms with Crippen LogP contribution < -0.4 is 10.3 Å². The molecule has 0 aliphatic carbocycles. The van der Waals surface area contributed by atoms with Crippen molar-refractivity contribution in [3.05, 3.63) is 29.8 Å². The largest absolute Gasteiger partial charge is 0.379 e. The minimum atomic E-state index is -0.816. The van der Waals surface area contributed by atoms with Gasteiger partial charge in [-0.1, -0.05) is 24.1 Å². The number of para-hydroxylation sites is 1. The molecule has 1 aromatic rings. The Labute approximate surface area is 88.4 Å². The van der Waals surface area contributed by atoms with E-state index < -0.39 is 5.41 Å². The maximum atomic E-state index is 11.7. The number of rotatable bonds is 0. The Bertz CT molecular complexity index is 470. The van der Waals surface area contributed by atoms with Gasteiger partial charge in [0.05, 0.1) is 0 Å². The fourth-order valence-electron chi connectivity index (χ4n) is 1.67. The van der Waals surface area contributed by atoms with Gasteiger partial charge in [-0.2, -0.15) is 5.48 Å². The molecule has 0 spiro atoms. The van der Waals surface area contributed by atoms with Gasteiger partial charge < -0.3 is 4.84 Å². The lowest BCUT2D eigenvalue weighted by molar-refractivity contribution is -0.132. The van der Waals surface area contributed by atoms with Crippen LogP contribution in [-0.4, -0.2) is 5.91 Å². The standard InChI is InChI=1S/C12H11NO2/c1-3-8-12(2)9-6-4-5-7-10(9)15-13-11(12)14/h4-7H,1-2H3,(H,13,14). The van der Waals surface area contributed by atoms with E-state index in [1.165, 1.54) is 0 Å². The van der Waals surface area contributed by atoms with Gasteiger partial charge in [0.2, 0.25) is 0 Å². The summed E-state index contributed by atoms with van der Waals surface area (Å²) in [6.45, 7) is 3.51. The second-order valence-corrected chi connectivity index (χ2v) is 3.53. The first-order valence-corrected chi connectivity index (χ1v) is 4.69. The molecule has 1 aliphatic rings. The van der Waals surface area contributed by atoms with Gasteiger partial charge in [0, 0.05) is 5.56 Å². The van der Waals surface area contributed by atoms with Crippen LogP contribution in [0.5, 0.6) is 5.75 Å². The number of hydroxylamine groups is 1. The number of carbonyl (C=O) groups is 1. The molecular formula is C12H11NO2. The summed E-state index contributed by atoms with van der Waals surface area (Å²) in [5, 5.41) is 0. The molecule has 2 rings (SSSR count). The molecule has 1 aromatic carbocycles. The normalized spacial score (nSPS) is 22.9. The number of benzene rings is 1. The van der Waals surface area contributed by atoms with Crippen LogP contribution in [0.15, 0.2) is 24.3 Å². The van der Waals surface area contributed by atoms with Crippen LogP contribution in [-0.2, 0) is 10.2 Å². The Morgan fingerprint density at radius 2 is 2.13 bits per heavy atom. The van der Waals surface area contributed by atoms with Crippen molar-refractivity contribution < 1.29 is 9.63 Å². The fourth-order valence-corrected chi connectivity index (χ4v) is 1.67. The van der Waals surface area contributed by atoms with Crippen molar-refractivity contribution >= 4 is 5.91 Å². The summed E-state index contributed by atoms with van der Waals surface area (Å²) in [6.07, 6.45) is 0. The molecule has 0 saturated heterocycles. The molecule has 1 atom stereocenters. The topological polar surface area (TPSA) is 38.3 Å². The van der Waals surface area contributed by atoms with Crippen molar-refractivity contribution in [3.8, 4) is 17.6 Å². The molecule has 76 valence electrons. The lowest BCUT2D eigenvalue weighted by Gasteiger charge is -2.29. The van der Waals surface area contributed by atoms with E-state index in [0.29, 0.717) is 5.75 Å². The zero-order valence-electron chi connectivity index (χ0n) is 8.63. The van der Waals surface area contributed by atoms with Crippen molar-refractivity contribution in [2.24, 2.45) is 0 Å². The van der Waals surface area contributed by atoms with Crippen LogP contribution in [0.2, 0.25) is 0 Å². The maximum absolute atomic E-state index is 11.7. The van der Waals surface area contributed by atoms with E-state index in [-0.39, 0.29) is 5.91 Å². The third-order valence-corrected chi connectivity index (χ3v) is 2.51. The summed E-state index contributed by atoms with van der Waals surface area (Å²) in [5.74, 6) is 6.14. The van der Waals surface area contributed by atoms with Gasteiger partial charge in [-0.05, 0) is 19.9 Å². The highest BCUT2D eigenvalue weighted by molar-refractivity contribution is 5.92. The number of hydrogen-bond acceptors (Lipinski definition) is 2. The number of hydrogen-bond donors (Lipinski definition) is 1. The van der Waals surface area contributed by atoms with Gasteiger partial charge >= 0.3 is 0 Å². The van der Waals surface area contributed by atoms with Gasteiger partial charge in [-0.15, -0.1) is 5.92 Å². The van der Waals surface area contributed by atoms with Crippen molar-refractivity contribution in [2.75, 3.05) is 0 Å². The SMILES string of the molecule is CC#CC1(C)C(=O)NOc2ccccc21. The number of nitrogens with one attached hydrogen (secondary N) is 1. The van der Waals surface area contributed by atoms with Crippen molar-refractivity contribution in [3.63, 3.8) is 0 Å². The number of amides is 1.